The number of benzene rings is 21. The SMILES string of the molecule is Clc1ccc(-c2ccc3c(c2)c2cc(-c4ccccc4)ccc2n3-c2cccc(-c3ccc(-c4ccccc4)s3)c2)cc1.Clc1ccc(-c2ccc3c(c2)c2cc(Br)ccc2n3-c2cccc(-c3ccc(-c4ccccc4)s3)c2)cc1.c1ccc(-c2ccc(N(c3ccc(-c4ccccc4)cc3)c3ccc(-c4ccc5c(c4)c4cc(-c6ccccc6)ccc4n5-c4cccc(-c5ccc(-c6ccccc6)s5)c4)cc3)cc2)cc1. The van der Waals surface area contributed by atoms with E-state index in [9.17, 15) is 0 Å². The van der Waals surface area contributed by atoms with Gasteiger partial charge in [-0.3, -0.25) is 0 Å². The Hall–Kier alpha value is -17.0. The molecule has 0 saturated heterocycles. The van der Waals surface area contributed by atoms with E-state index in [1.54, 1.807) is 0 Å². The predicted molar refractivity (Wildman–Crippen MR) is 639 cm³/mol. The first-order chi connectivity index (χ1) is 73.0. The van der Waals surface area contributed by atoms with Crippen LogP contribution in [0.25, 0.3) is 223 Å². The zero-order valence-electron chi connectivity index (χ0n) is 80.2. The number of fused-ring (bicyclic) bond motifs is 9. The fourth-order valence-electron chi connectivity index (χ4n) is 20.6. The molecule has 702 valence electrons. The highest BCUT2D eigenvalue weighted by Gasteiger charge is 2.24. The lowest BCUT2D eigenvalue weighted by atomic mass is 10.00. The molecule has 0 unspecified atom stereocenters. The first-order valence-electron chi connectivity index (χ1n) is 49.6. The molecule has 10 heteroatoms. The number of rotatable bonds is 19. The molecule has 0 aliphatic heterocycles. The third-order valence-electron chi connectivity index (χ3n) is 27.9. The van der Waals surface area contributed by atoms with Crippen LogP contribution in [0, 0.1) is 0 Å². The lowest BCUT2D eigenvalue weighted by Gasteiger charge is -2.26. The quantitative estimate of drug-likeness (QED) is 0.0789. The van der Waals surface area contributed by atoms with Crippen molar-refractivity contribution >= 4 is 156 Å². The Kier molecular flexibility index (Phi) is 25.4. The summed E-state index contributed by atoms with van der Waals surface area (Å²) in [6.45, 7) is 0. The molecular weight excluding hydrogens is 1960 g/mol. The van der Waals surface area contributed by atoms with Crippen molar-refractivity contribution in [1.29, 1.82) is 0 Å². The lowest BCUT2D eigenvalue weighted by Crippen LogP contribution is -2.09. The second-order valence-corrected chi connectivity index (χ2v) is 42.1. The molecule has 0 aliphatic carbocycles. The van der Waals surface area contributed by atoms with Gasteiger partial charge in [-0.25, -0.2) is 0 Å². The highest BCUT2D eigenvalue weighted by molar-refractivity contribution is 9.10. The van der Waals surface area contributed by atoms with Gasteiger partial charge in [-0.15, -0.1) is 34.0 Å². The van der Waals surface area contributed by atoms with Crippen molar-refractivity contribution in [2.75, 3.05) is 4.90 Å². The predicted octanol–water partition coefficient (Wildman–Crippen LogP) is 41.7. The van der Waals surface area contributed by atoms with Gasteiger partial charge in [0.15, 0.2) is 0 Å². The van der Waals surface area contributed by atoms with Crippen molar-refractivity contribution in [3.8, 4) is 158 Å². The van der Waals surface area contributed by atoms with Crippen LogP contribution in [-0.2, 0) is 0 Å². The molecule has 27 rings (SSSR count). The van der Waals surface area contributed by atoms with Crippen LogP contribution in [0.1, 0.15) is 0 Å². The van der Waals surface area contributed by atoms with E-state index in [4.69, 9.17) is 23.2 Å². The Morgan fingerprint density at radius 1 is 0.155 bits per heavy atom. The minimum Gasteiger partial charge on any atom is -0.311 e. The van der Waals surface area contributed by atoms with E-state index >= 15 is 0 Å². The maximum Gasteiger partial charge on any atom is 0.0541 e. The van der Waals surface area contributed by atoms with E-state index in [-0.39, 0.29) is 0 Å². The lowest BCUT2D eigenvalue weighted by molar-refractivity contribution is 1.18. The Balaban J connectivity index is 0.000000122. The van der Waals surface area contributed by atoms with Gasteiger partial charge in [0, 0.05) is 110 Å². The maximum absolute atomic E-state index is 6.21. The molecule has 0 atom stereocenters. The summed E-state index contributed by atoms with van der Waals surface area (Å²) in [4.78, 5) is 9.96. The molecule has 0 N–H and O–H groups in total. The number of anilines is 3. The number of hydrogen-bond acceptors (Lipinski definition) is 4. The van der Waals surface area contributed by atoms with Crippen molar-refractivity contribution < 1.29 is 0 Å². The normalized spacial score (nSPS) is 11.3. The largest absolute Gasteiger partial charge is 0.311 e. The van der Waals surface area contributed by atoms with Gasteiger partial charge in [-0.05, 0) is 324 Å². The van der Waals surface area contributed by atoms with Crippen LogP contribution in [0.2, 0.25) is 10.0 Å². The van der Waals surface area contributed by atoms with E-state index in [1.807, 2.05) is 58.3 Å². The molecule has 0 bridgehead atoms. The van der Waals surface area contributed by atoms with Crippen molar-refractivity contribution in [2.24, 2.45) is 0 Å². The Morgan fingerprint density at radius 3 is 0.601 bits per heavy atom. The van der Waals surface area contributed by atoms with Crippen molar-refractivity contribution in [1.82, 2.24) is 13.7 Å². The van der Waals surface area contributed by atoms with Crippen LogP contribution in [-0.4, -0.2) is 13.7 Å². The molecule has 4 nitrogen and oxygen atoms in total. The Bertz CT molecular complexity index is 9410. The third-order valence-corrected chi connectivity index (χ3v) is 32.5. The summed E-state index contributed by atoms with van der Waals surface area (Å²) in [6, 6.07) is 198. The molecule has 0 radical (unpaired) electrons. The molecule has 0 fully saturated rings. The molecule has 0 spiro atoms. The number of halogens is 3. The topological polar surface area (TPSA) is 18.0 Å². The van der Waals surface area contributed by atoms with Gasteiger partial charge in [0.1, 0.15) is 0 Å². The van der Waals surface area contributed by atoms with Crippen molar-refractivity contribution in [3.63, 3.8) is 0 Å². The fraction of sp³-hybridized carbons (Fsp3) is 0. The number of hydrogen-bond donors (Lipinski definition) is 0. The summed E-state index contributed by atoms with van der Waals surface area (Å²) in [5, 5.41) is 8.85. The van der Waals surface area contributed by atoms with Crippen LogP contribution in [0.3, 0.4) is 0 Å². The van der Waals surface area contributed by atoms with Gasteiger partial charge in [0.25, 0.3) is 0 Å². The number of nitrogens with zero attached hydrogens (tertiary/aromatic N) is 4. The van der Waals surface area contributed by atoms with Crippen LogP contribution in [0.15, 0.2) is 557 Å². The van der Waals surface area contributed by atoms with E-state index in [2.05, 4.69) is 562 Å². The molecule has 0 aliphatic rings. The van der Waals surface area contributed by atoms with Crippen LogP contribution >= 0.6 is 73.1 Å². The second-order valence-electron chi connectivity index (χ2n) is 37.0. The molecular formula is C138H91BrCl2N4S3. The summed E-state index contributed by atoms with van der Waals surface area (Å²) in [5.74, 6) is 0. The molecule has 148 heavy (non-hydrogen) atoms. The average Bonchev–Trinajstić information content (AvgIpc) is 1.59. The second kappa shape index (κ2) is 40.9. The average molecular weight is 2050 g/mol. The van der Waals surface area contributed by atoms with Gasteiger partial charge in [-0.2, -0.15) is 0 Å². The summed E-state index contributed by atoms with van der Waals surface area (Å²) in [6.07, 6.45) is 0. The van der Waals surface area contributed by atoms with Gasteiger partial charge in [-0.1, -0.05) is 379 Å². The first kappa shape index (κ1) is 92.1. The van der Waals surface area contributed by atoms with Gasteiger partial charge in [0.05, 0.1) is 33.1 Å². The van der Waals surface area contributed by atoms with Crippen LogP contribution in [0.4, 0.5) is 17.1 Å². The number of thiophene rings is 3. The van der Waals surface area contributed by atoms with Gasteiger partial charge in [0.2, 0.25) is 0 Å². The smallest absolute Gasteiger partial charge is 0.0541 e. The summed E-state index contributed by atoms with van der Waals surface area (Å²) in [5.41, 5.74) is 37.9. The van der Waals surface area contributed by atoms with E-state index in [0.29, 0.717) is 0 Å². The zero-order valence-corrected chi connectivity index (χ0v) is 85.7. The number of aromatic nitrogens is 3. The standard InChI is InChI=1S/C64H44N2S.C40H26ClNS.C34H21BrClNS/c1-5-14-45(15-6-1)48-24-32-55(33-25-48)65(56-34-26-49(27-35-56)46-16-7-2-8-17-46)57-36-28-50(29-37-57)53-31-39-62-60(44-53)59-43-52(47-18-9-3-10-19-47)30-38-61(59)66(62)58-23-13-22-54(42-58)64-41-40-63(67-64)51-20-11-4-12-21-51;41-33-18-14-28(15-19-33)31-17-21-38-36(26-31)35-25-30(27-8-3-1-4-9-27)16-20-37(35)42(38)34-13-7-12-32(24-34)40-23-22-39(43-40)29-10-5-2-6-11-29;35-26-12-16-32-30(21-26)29-20-24(22-9-13-27(36)14-10-22)11-15-31(29)37(32)28-8-4-7-25(19-28)34-18-17-33(38-34)23-5-2-1-3-6-23/h1-44H;1-26H;1-21H. The molecule has 21 aromatic carbocycles. The van der Waals surface area contributed by atoms with Crippen molar-refractivity contribution in [3.05, 3.63) is 567 Å². The first-order valence-corrected chi connectivity index (χ1v) is 53.6. The third kappa shape index (κ3) is 18.7. The van der Waals surface area contributed by atoms with Gasteiger partial charge >= 0.3 is 0 Å². The minimum atomic E-state index is 0.746. The summed E-state index contributed by atoms with van der Waals surface area (Å²) >= 11 is 21.5. The highest BCUT2D eigenvalue weighted by Crippen LogP contribution is 2.48. The monoisotopic (exact) mass is 2050 g/mol. The van der Waals surface area contributed by atoms with Gasteiger partial charge < -0.3 is 18.6 Å². The Labute approximate surface area is 890 Å². The fourth-order valence-corrected chi connectivity index (χ4v) is 24.2. The van der Waals surface area contributed by atoms with Crippen molar-refractivity contribution in [2.45, 2.75) is 0 Å². The maximum atomic E-state index is 6.21. The molecule has 0 saturated carbocycles. The zero-order chi connectivity index (χ0) is 98.9. The summed E-state index contributed by atoms with van der Waals surface area (Å²) < 4.78 is 8.28. The Morgan fingerprint density at radius 2 is 0.345 bits per heavy atom. The minimum absolute atomic E-state index is 0.746. The van der Waals surface area contributed by atoms with E-state index in [1.165, 1.54) is 195 Å². The molecule has 6 aromatic heterocycles. The molecule has 6 heterocycles. The van der Waals surface area contributed by atoms with Crippen LogP contribution in [0.5, 0.6) is 0 Å². The highest BCUT2D eigenvalue weighted by atomic mass is 79.9. The molecule has 0 amide bonds. The molecule has 27 aromatic rings. The van der Waals surface area contributed by atoms with E-state index < -0.39 is 0 Å². The van der Waals surface area contributed by atoms with E-state index in [0.717, 1.165) is 59.8 Å². The summed E-state index contributed by atoms with van der Waals surface area (Å²) in [7, 11) is 0. The van der Waals surface area contributed by atoms with Crippen LogP contribution < -0.4 is 4.90 Å².